The summed E-state index contributed by atoms with van der Waals surface area (Å²) in [5.74, 6) is -1.42. The molecule has 2 aromatic carbocycles. The first-order chi connectivity index (χ1) is 19.7. The minimum Gasteiger partial charge on any atom is -0.466 e. The molecule has 1 amide bonds. The molecule has 0 unspecified atom stereocenters. The first kappa shape index (κ1) is 29.5. The van der Waals surface area contributed by atoms with Gasteiger partial charge in [0.05, 0.1) is 23.6 Å². The maximum Gasteiger partial charge on any atom is 0.307 e. The highest BCUT2D eigenvalue weighted by Crippen LogP contribution is 2.29. The summed E-state index contributed by atoms with van der Waals surface area (Å²) >= 11 is 1.23. The molecule has 4 aromatic rings. The van der Waals surface area contributed by atoms with E-state index in [1.165, 1.54) is 35.7 Å². The third-order valence-corrected chi connectivity index (χ3v) is 6.94. The average molecular weight is 579 g/mol. The molecule has 0 bridgehead atoms. The lowest BCUT2D eigenvalue weighted by molar-refractivity contribution is -0.142. The standard InChI is InChI=1S/C31H28F2N2O5S/c1-3-39-30(37)9-11-35-31(38)29-15-22(18-41-29)28-17-25(8-10-34-28)40-24-6-5-20(27(33)16-24)13-23(36)14-21-12-19(2)4-7-26(21)32/h4-8,10,12,15-18H,3,9,11,13-14H2,1-2H3,(H,35,38). The fraction of sp³-hybridized carbons (Fsp3) is 0.226. The lowest BCUT2D eigenvalue weighted by Crippen LogP contribution is -2.25. The second-order valence-electron chi connectivity index (χ2n) is 9.23. The Hall–Kier alpha value is -4.44. The SMILES string of the molecule is CCOC(=O)CCNC(=O)c1cc(-c2cc(Oc3ccc(CC(=O)Cc4cc(C)ccc4F)c(F)c3)ccn2)cs1. The number of nitrogens with zero attached hydrogens (tertiary/aromatic N) is 1. The Morgan fingerprint density at radius 1 is 0.927 bits per heavy atom. The molecule has 0 radical (unpaired) electrons. The van der Waals surface area contributed by atoms with E-state index in [1.54, 1.807) is 48.7 Å². The minimum atomic E-state index is -0.605. The second-order valence-corrected chi connectivity index (χ2v) is 10.1. The summed E-state index contributed by atoms with van der Waals surface area (Å²) < 4.78 is 39.5. The Bertz CT molecular complexity index is 1570. The Balaban J connectivity index is 1.36. The molecule has 0 fully saturated rings. The van der Waals surface area contributed by atoms with Crippen molar-refractivity contribution < 1.29 is 32.6 Å². The molecule has 0 saturated heterocycles. The number of rotatable bonds is 12. The molecule has 10 heteroatoms. The van der Waals surface area contributed by atoms with Gasteiger partial charge >= 0.3 is 5.97 Å². The van der Waals surface area contributed by atoms with Gasteiger partial charge in [0.15, 0.2) is 0 Å². The first-order valence-corrected chi connectivity index (χ1v) is 13.8. The second kappa shape index (κ2) is 13.8. The van der Waals surface area contributed by atoms with Crippen molar-refractivity contribution in [2.45, 2.75) is 33.1 Å². The number of carbonyl (C=O) groups is 3. The predicted octanol–water partition coefficient (Wildman–Crippen LogP) is 6.23. The van der Waals surface area contributed by atoms with E-state index in [0.29, 0.717) is 21.9 Å². The lowest BCUT2D eigenvalue weighted by Gasteiger charge is -2.09. The van der Waals surface area contributed by atoms with Crippen LogP contribution in [0.2, 0.25) is 0 Å². The number of benzene rings is 2. The zero-order valence-corrected chi connectivity index (χ0v) is 23.4. The molecule has 0 aliphatic heterocycles. The van der Waals surface area contributed by atoms with Gasteiger partial charge in [-0.05, 0) is 49.2 Å². The van der Waals surface area contributed by atoms with Crippen molar-refractivity contribution >= 4 is 29.0 Å². The third kappa shape index (κ3) is 8.28. The number of aryl methyl sites for hydroxylation is 1. The first-order valence-electron chi connectivity index (χ1n) is 12.9. The van der Waals surface area contributed by atoms with Crippen LogP contribution in [0, 0.1) is 18.6 Å². The number of halogens is 2. The van der Waals surface area contributed by atoms with Gasteiger partial charge in [0.25, 0.3) is 5.91 Å². The number of ether oxygens (including phenoxy) is 2. The number of esters is 1. The number of hydrogen-bond acceptors (Lipinski definition) is 7. The van der Waals surface area contributed by atoms with Crippen molar-refractivity contribution in [1.29, 1.82) is 0 Å². The summed E-state index contributed by atoms with van der Waals surface area (Å²) in [6.45, 7) is 3.99. The van der Waals surface area contributed by atoms with E-state index in [9.17, 15) is 23.2 Å². The van der Waals surface area contributed by atoms with Gasteiger partial charge in [-0.3, -0.25) is 19.4 Å². The van der Waals surface area contributed by atoms with Crippen molar-refractivity contribution in [2.24, 2.45) is 0 Å². The van der Waals surface area contributed by atoms with Crippen molar-refractivity contribution in [3.05, 3.63) is 99.4 Å². The van der Waals surface area contributed by atoms with Crippen LogP contribution in [0.4, 0.5) is 8.78 Å². The number of pyridine rings is 1. The molecule has 0 atom stereocenters. The monoisotopic (exact) mass is 578 g/mol. The molecular weight excluding hydrogens is 550 g/mol. The summed E-state index contributed by atoms with van der Waals surface area (Å²) in [5, 5.41) is 4.47. The fourth-order valence-electron chi connectivity index (χ4n) is 4.02. The predicted molar refractivity (Wildman–Crippen MR) is 151 cm³/mol. The van der Waals surface area contributed by atoms with Gasteiger partial charge in [-0.2, -0.15) is 0 Å². The molecule has 1 N–H and O–H groups in total. The van der Waals surface area contributed by atoms with Gasteiger partial charge in [-0.1, -0.05) is 23.8 Å². The average Bonchev–Trinajstić information content (AvgIpc) is 3.43. The van der Waals surface area contributed by atoms with Crippen LogP contribution in [0.5, 0.6) is 11.5 Å². The van der Waals surface area contributed by atoms with Crippen molar-refractivity contribution in [2.75, 3.05) is 13.2 Å². The molecule has 0 saturated carbocycles. The maximum absolute atomic E-state index is 14.8. The van der Waals surface area contributed by atoms with E-state index in [4.69, 9.17) is 9.47 Å². The van der Waals surface area contributed by atoms with E-state index < -0.39 is 11.6 Å². The Morgan fingerprint density at radius 3 is 2.49 bits per heavy atom. The summed E-state index contributed by atoms with van der Waals surface area (Å²) in [6, 6.07) is 13.8. The summed E-state index contributed by atoms with van der Waals surface area (Å²) in [6.07, 6.45) is 1.33. The van der Waals surface area contributed by atoms with Crippen molar-refractivity contribution in [3.63, 3.8) is 0 Å². The maximum atomic E-state index is 14.8. The molecule has 0 spiro atoms. The highest BCUT2D eigenvalue weighted by atomic mass is 32.1. The molecule has 41 heavy (non-hydrogen) atoms. The van der Waals surface area contributed by atoms with Crippen LogP contribution in [0.15, 0.2) is 66.2 Å². The number of thiophene rings is 1. The van der Waals surface area contributed by atoms with Crippen LogP contribution in [0.1, 0.15) is 39.7 Å². The number of hydrogen-bond donors (Lipinski definition) is 1. The van der Waals surface area contributed by atoms with Crippen LogP contribution in [-0.2, 0) is 27.2 Å². The Morgan fingerprint density at radius 2 is 1.71 bits per heavy atom. The van der Waals surface area contributed by atoms with Gasteiger partial charge in [0, 0.05) is 48.7 Å². The molecular formula is C31H28F2N2O5S. The minimum absolute atomic E-state index is 0.0873. The zero-order valence-electron chi connectivity index (χ0n) is 22.5. The molecule has 212 valence electrons. The Labute approximate surface area is 240 Å². The largest absolute Gasteiger partial charge is 0.466 e. The van der Waals surface area contributed by atoms with E-state index in [-0.39, 0.29) is 67.0 Å². The highest BCUT2D eigenvalue weighted by molar-refractivity contribution is 7.12. The van der Waals surface area contributed by atoms with Crippen LogP contribution >= 0.6 is 11.3 Å². The van der Waals surface area contributed by atoms with Crippen LogP contribution in [-0.4, -0.2) is 35.8 Å². The van der Waals surface area contributed by atoms with Gasteiger partial charge < -0.3 is 14.8 Å². The van der Waals surface area contributed by atoms with E-state index in [2.05, 4.69) is 10.3 Å². The van der Waals surface area contributed by atoms with Crippen molar-refractivity contribution in [3.8, 4) is 22.8 Å². The van der Waals surface area contributed by atoms with E-state index in [0.717, 1.165) is 5.56 Å². The number of carbonyl (C=O) groups excluding carboxylic acids is 3. The summed E-state index contributed by atoms with van der Waals surface area (Å²) in [5.41, 5.74) is 2.57. The van der Waals surface area contributed by atoms with Crippen molar-refractivity contribution in [1.82, 2.24) is 10.3 Å². The number of amides is 1. The zero-order chi connectivity index (χ0) is 29.4. The van der Waals surface area contributed by atoms with Crippen LogP contribution in [0.25, 0.3) is 11.3 Å². The molecule has 0 aliphatic carbocycles. The highest BCUT2D eigenvalue weighted by Gasteiger charge is 2.15. The van der Waals surface area contributed by atoms with Crippen LogP contribution in [0.3, 0.4) is 0 Å². The van der Waals surface area contributed by atoms with Crippen LogP contribution < -0.4 is 10.1 Å². The third-order valence-electron chi connectivity index (χ3n) is 6.01. The van der Waals surface area contributed by atoms with Gasteiger partial charge in [0.1, 0.15) is 28.9 Å². The van der Waals surface area contributed by atoms with Gasteiger partial charge in [0.2, 0.25) is 0 Å². The summed E-state index contributed by atoms with van der Waals surface area (Å²) in [4.78, 5) is 41.1. The number of Topliss-reactive ketones (excluding diaryl/α,β-unsaturated/α-hetero) is 1. The summed E-state index contributed by atoms with van der Waals surface area (Å²) in [7, 11) is 0. The normalized spacial score (nSPS) is 10.7. The smallest absolute Gasteiger partial charge is 0.307 e. The molecule has 7 nitrogen and oxygen atoms in total. The fourth-order valence-corrected chi connectivity index (χ4v) is 4.83. The van der Waals surface area contributed by atoms with E-state index >= 15 is 0 Å². The van der Waals surface area contributed by atoms with E-state index in [1.807, 2.05) is 6.92 Å². The number of aromatic nitrogens is 1. The Kier molecular flexibility index (Phi) is 9.91. The van der Waals surface area contributed by atoms with Gasteiger partial charge in [-0.25, -0.2) is 8.78 Å². The molecule has 0 aliphatic rings. The molecule has 2 heterocycles. The molecule has 4 rings (SSSR count). The number of nitrogens with one attached hydrogen (secondary N) is 1. The topological polar surface area (TPSA) is 94.6 Å². The van der Waals surface area contributed by atoms with Gasteiger partial charge in [-0.15, -0.1) is 11.3 Å². The number of ketones is 1. The lowest BCUT2D eigenvalue weighted by atomic mass is 10.0. The molecule has 2 aromatic heterocycles. The quantitative estimate of drug-likeness (QED) is 0.201.